The van der Waals surface area contributed by atoms with Crippen molar-refractivity contribution in [2.24, 2.45) is 0 Å². The maximum atomic E-state index is 10.9. The van der Waals surface area contributed by atoms with Gasteiger partial charge in [-0.2, -0.15) is 0 Å². The van der Waals surface area contributed by atoms with E-state index in [0.717, 1.165) is 9.60 Å². The Bertz CT molecular complexity index is 519. The molecule has 3 nitrogen and oxygen atoms in total. The van der Waals surface area contributed by atoms with Crippen LogP contribution in [0.15, 0.2) is 23.1 Å². The Morgan fingerprint density at radius 2 is 2.21 bits per heavy atom. The first kappa shape index (κ1) is 9.36. The number of anilines is 1. The fourth-order valence-electron chi connectivity index (χ4n) is 1.34. The molecule has 0 aliphatic carbocycles. The molecular weight excluding hydrogens is 218 g/mol. The summed E-state index contributed by atoms with van der Waals surface area (Å²) in [6.45, 7) is 0. The van der Waals surface area contributed by atoms with Gasteiger partial charge in [0.1, 0.15) is 10.6 Å². The predicted octanol–water partition coefficient (Wildman–Crippen LogP) is 2.47. The van der Waals surface area contributed by atoms with Crippen molar-refractivity contribution >= 4 is 45.0 Å². The molecule has 2 rings (SSSR count). The molecule has 1 aromatic carbocycles. The van der Waals surface area contributed by atoms with Crippen molar-refractivity contribution in [2.45, 2.75) is 4.90 Å². The fraction of sp³-hybridized carbons (Fsp3) is 0. The summed E-state index contributed by atoms with van der Waals surface area (Å²) >= 11 is 5.50. The van der Waals surface area contributed by atoms with Crippen LogP contribution in [0.1, 0.15) is 10.4 Å². The number of aromatic carboxylic acids is 1. The fourth-order valence-corrected chi connectivity index (χ4v) is 2.66. The second-order valence-corrected chi connectivity index (χ2v) is 4.33. The number of benzene rings is 1. The van der Waals surface area contributed by atoms with Crippen LogP contribution in [-0.4, -0.2) is 11.1 Å². The molecule has 0 amide bonds. The molecule has 14 heavy (non-hydrogen) atoms. The number of hydrogen-bond donors (Lipinski definition) is 3. The SMILES string of the molecule is Nc1sc2c(S)cccc2c1C(=O)O. The third-order valence-electron chi connectivity index (χ3n) is 1.94. The van der Waals surface area contributed by atoms with Gasteiger partial charge in [-0.05, 0) is 6.07 Å². The number of nitrogens with two attached hydrogens (primary N) is 1. The minimum absolute atomic E-state index is 0.181. The Balaban J connectivity index is 2.90. The van der Waals surface area contributed by atoms with Gasteiger partial charge in [0, 0.05) is 10.3 Å². The number of thiophene rings is 1. The molecule has 0 aliphatic heterocycles. The van der Waals surface area contributed by atoms with Gasteiger partial charge >= 0.3 is 5.97 Å². The van der Waals surface area contributed by atoms with E-state index in [-0.39, 0.29) is 5.56 Å². The number of rotatable bonds is 1. The molecule has 2 aromatic rings. The lowest BCUT2D eigenvalue weighted by Crippen LogP contribution is -1.98. The lowest BCUT2D eigenvalue weighted by molar-refractivity contribution is 0.0700. The number of carbonyl (C=O) groups is 1. The van der Waals surface area contributed by atoms with Crippen LogP contribution in [0.3, 0.4) is 0 Å². The summed E-state index contributed by atoms with van der Waals surface area (Å²) in [5, 5.41) is 9.93. The van der Waals surface area contributed by atoms with Gasteiger partial charge in [0.05, 0.1) is 4.70 Å². The van der Waals surface area contributed by atoms with Crippen LogP contribution < -0.4 is 5.73 Å². The molecule has 0 bridgehead atoms. The van der Waals surface area contributed by atoms with Crippen LogP contribution in [0.25, 0.3) is 10.1 Å². The largest absolute Gasteiger partial charge is 0.478 e. The van der Waals surface area contributed by atoms with Crippen molar-refractivity contribution in [1.82, 2.24) is 0 Å². The number of fused-ring (bicyclic) bond motifs is 1. The second-order valence-electron chi connectivity index (χ2n) is 2.80. The minimum atomic E-state index is -0.993. The lowest BCUT2D eigenvalue weighted by Gasteiger charge is -1.94. The number of hydrogen-bond acceptors (Lipinski definition) is 4. The standard InChI is InChI=1S/C9H7NO2S2/c10-8-6(9(11)12)4-2-1-3-5(13)7(4)14-8/h1-3,13H,10H2,(H,11,12). The van der Waals surface area contributed by atoms with Crippen molar-refractivity contribution in [2.75, 3.05) is 5.73 Å². The normalized spacial score (nSPS) is 10.6. The average molecular weight is 225 g/mol. The highest BCUT2D eigenvalue weighted by molar-refractivity contribution is 7.80. The second kappa shape index (κ2) is 3.18. The Morgan fingerprint density at radius 3 is 2.86 bits per heavy atom. The molecule has 0 aliphatic rings. The molecule has 3 N–H and O–H groups in total. The Labute approximate surface area is 89.6 Å². The van der Waals surface area contributed by atoms with E-state index in [1.54, 1.807) is 12.1 Å². The van der Waals surface area contributed by atoms with E-state index < -0.39 is 5.97 Å². The van der Waals surface area contributed by atoms with Crippen molar-refractivity contribution < 1.29 is 9.90 Å². The van der Waals surface area contributed by atoms with Gasteiger partial charge in [-0.1, -0.05) is 12.1 Å². The van der Waals surface area contributed by atoms with Crippen LogP contribution in [-0.2, 0) is 0 Å². The van der Waals surface area contributed by atoms with E-state index in [1.807, 2.05) is 6.07 Å². The Kier molecular flexibility index (Phi) is 2.13. The Morgan fingerprint density at radius 1 is 1.50 bits per heavy atom. The summed E-state index contributed by atoms with van der Waals surface area (Å²) in [5.74, 6) is -0.993. The quantitative estimate of drug-likeness (QED) is 0.653. The van der Waals surface area contributed by atoms with E-state index in [2.05, 4.69) is 12.6 Å². The van der Waals surface area contributed by atoms with E-state index in [1.165, 1.54) is 11.3 Å². The number of thiol groups is 1. The predicted molar refractivity (Wildman–Crippen MR) is 60.4 cm³/mol. The molecule has 0 radical (unpaired) electrons. The van der Waals surface area contributed by atoms with E-state index >= 15 is 0 Å². The number of carboxylic acid groups (broad SMARTS) is 1. The zero-order valence-electron chi connectivity index (χ0n) is 7.02. The van der Waals surface area contributed by atoms with Crippen molar-refractivity contribution in [3.8, 4) is 0 Å². The van der Waals surface area contributed by atoms with Crippen LogP contribution >= 0.6 is 24.0 Å². The molecule has 0 spiro atoms. The summed E-state index contributed by atoms with van der Waals surface area (Å²) in [5.41, 5.74) is 5.81. The van der Waals surface area contributed by atoms with Crippen LogP contribution in [0.4, 0.5) is 5.00 Å². The zero-order chi connectivity index (χ0) is 10.3. The third kappa shape index (κ3) is 1.25. The first-order valence-electron chi connectivity index (χ1n) is 3.84. The minimum Gasteiger partial charge on any atom is -0.478 e. The first-order valence-corrected chi connectivity index (χ1v) is 5.11. The van der Waals surface area contributed by atoms with Gasteiger partial charge in [0.15, 0.2) is 0 Å². The van der Waals surface area contributed by atoms with Gasteiger partial charge in [-0.3, -0.25) is 0 Å². The topological polar surface area (TPSA) is 63.3 Å². The van der Waals surface area contributed by atoms with Gasteiger partial charge in [0.25, 0.3) is 0 Å². The first-order chi connectivity index (χ1) is 6.61. The van der Waals surface area contributed by atoms with Crippen molar-refractivity contribution in [3.05, 3.63) is 23.8 Å². The molecule has 0 fully saturated rings. The smallest absolute Gasteiger partial charge is 0.339 e. The number of carboxylic acids is 1. The van der Waals surface area contributed by atoms with Gasteiger partial charge in [0.2, 0.25) is 0 Å². The summed E-state index contributed by atoms with van der Waals surface area (Å²) in [7, 11) is 0. The van der Waals surface area contributed by atoms with E-state index in [4.69, 9.17) is 10.8 Å². The monoisotopic (exact) mass is 225 g/mol. The number of nitrogen functional groups attached to an aromatic ring is 1. The summed E-state index contributed by atoms with van der Waals surface area (Å²) in [6, 6.07) is 5.32. The summed E-state index contributed by atoms with van der Waals surface area (Å²) in [4.78, 5) is 11.7. The third-order valence-corrected chi connectivity index (χ3v) is 3.53. The van der Waals surface area contributed by atoms with Crippen LogP contribution in [0.2, 0.25) is 0 Å². The van der Waals surface area contributed by atoms with Crippen LogP contribution in [0, 0.1) is 0 Å². The molecule has 0 saturated carbocycles. The molecule has 1 heterocycles. The maximum Gasteiger partial charge on any atom is 0.339 e. The van der Waals surface area contributed by atoms with Crippen molar-refractivity contribution in [1.29, 1.82) is 0 Å². The highest BCUT2D eigenvalue weighted by Crippen LogP contribution is 2.36. The van der Waals surface area contributed by atoms with Gasteiger partial charge in [-0.25, -0.2) is 4.79 Å². The summed E-state index contributed by atoms with van der Waals surface area (Å²) < 4.78 is 0.825. The van der Waals surface area contributed by atoms with Gasteiger partial charge in [-0.15, -0.1) is 24.0 Å². The van der Waals surface area contributed by atoms with Crippen molar-refractivity contribution in [3.63, 3.8) is 0 Å². The molecule has 0 saturated heterocycles. The molecule has 0 unspecified atom stereocenters. The average Bonchev–Trinajstić information content (AvgIpc) is 2.42. The van der Waals surface area contributed by atoms with E-state index in [0.29, 0.717) is 10.4 Å². The zero-order valence-corrected chi connectivity index (χ0v) is 8.73. The lowest BCUT2D eigenvalue weighted by atomic mass is 10.2. The molecule has 1 aromatic heterocycles. The highest BCUT2D eigenvalue weighted by Gasteiger charge is 2.16. The molecular formula is C9H7NO2S2. The highest BCUT2D eigenvalue weighted by atomic mass is 32.1. The van der Waals surface area contributed by atoms with E-state index in [9.17, 15) is 4.79 Å². The molecule has 72 valence electrons. The van der Waals surface area contributed by atoms with Crippen LogP contribution in [0.5, 0.6) is 0 Å². The molecule has 0 atom stereocenters. The summed E-state index contributed by atoms with van der Waals surface area (Å²) in [6.07, 6.45) is 0. The Hall–Kier alpha value is -1.20. The maximum absolute atomic E-state index is 10.9. The van der Waals surface area contributed by atoms with Gasteiger partial charge < -0.3 is 10.8 Å². The molecule has 5 heteroatoms.